The lowest BCUT2D eigenvalue weighted by Gasteiger charge is -2.54. The van der Waals surface area contributed by atoms with Crippen molar-refractivity contribution in [3.05, 3.63) is 35.4 Å². The lowest BCUT2D eigenvalue weighted by molar-refractivity contribution is -0.0932. The summed E-state index contributed by atoms with van der Waals surface area (Å²) in [6.45, 7) is 11.2. The summed E-state index contributed by atoms with van der Waals surface area (Å²) in [7, 11) is 0. The quantitative estimate of drug-likeness (QED) is 0.839. The van der Waals surface area contributed by atoms with Crippen molar-refractivity contribution in [1.82, 2.24) is 0 Å². The third kappa shape index (κ3) is 2.33. The van der Waals surface area contributed by atoms with Crippen molar-refractivity contribution in [2.45, 2.75) is 71.3 Å². The molecule has 0 amide bonds. The fourth-order valence-corrected chi connectivity index (χ4v) is 3.66. The van der Waals surface area contributed by atoms with E-state index in [4.69, 9.17) is 0 Å². The Morgan fingerprint density at radius 3 is 2.00 bits per heavy atom. The topological polar surface area (TPSA) is 20.2 Å². The van der Waals surface area contributed by atoms with E-state index in [2.05, 4.69) is 58.9 Å². The summed E-state index contributed by atoms with van der Waals surface area (Å²) in [5.74, 6) is 0.534. The number of hydrogen-bond acceptors (Lipinski definition) is 1. The van der Waals surface area contributed by atoms with Crippen LogP contribution in [0.3, 0.4) is 0 Å². The summed E-state index contributed by atoms with van der Waals surface area (Å²) in [5.41, 5.74) is 3.12. The molecule has 1 aromatic rings. The van der Waals surface area contributed by atoms with E-state index < -0.39 is 0 Å². The van der Waals surface area contributed by atoms with E-state index in [1.165, 1.54) is 11.1 Å². The van der Waals surface area contributed by atoms with E-state index >= 15 is 0 Å². The molecule has 2 unspecified atom stereocenters. The van der Waals surface area contributed by atoms with Gasteiger partial charge in [-0.2, -0.15) is 0 Å². The van der Waals surface area contributed by atoms with E-state index in [0.29, 0.717) is 5.92 Å². The summed E-state index contributed by atoms with van der Waals surface area (Å²) in [6, 6.07) is 9.07. The van der Waals surface area contributed by atoms with Gasteiger partial charge in [0.05, 0.1) is 6.10 Å². The first-order valence-corrected chi connectivity index (χ1v) is 7.63. The second-order valence-corrected chi connectivity index (χ2v) is 7.12. The van der Waals surface area contributed by atoms with Gasteiger partial charge in [-0.3, -0.25) is 0 Å². The van der Waals surface area contributed by atoms with Crippen LogP contribution in [0.5, 0.6) is 0 Å². The van der Waals surface area contributed by atoms with Crippen molar-refractivity contribution >= 4 is 0 Å². The summed E-state index contributed by atoms with van der Waals surface area (Å²) >= 11 is 0. The highest BCUT2D eigenvalue weighted by atomic mass is 16.3. The highest BCUT2D eigenvalue weighted by Gasteiger charge is 2.52. The lowest BCUT2D eigenvalue weighted by atomic mass is 9.53. The third-order valence-corrected chi connectivity index (χ3v) is 5.31. The maximum absolute atomic E-state index is 10.2. The first-order valence-electron chi connectivity index (χ1n) is 7.63. The van der Waals surface area contributed by atoms with E-state index in [9.17, 15) is 5.11 Å². The Kier molecular flexibility index (Phi) is 3.79. The number of hydrogen-bond donors (Lipinski definition) is 1. The molecule has 1 N–H and O–H groups in total. The predicted octanol–water partition coefficient (Wildman–Crippen LogP) is 4.64. The average Bonchev–Trinajstić information content (AvgIpc) is 2.37. The first kappa shape index (κ1) is 14.6. The summed E-state index contributed by atoms with van der Waals surface area (Å²) in [5, 5.41) is 10.2. The fraction of sp³-hybridized carbons (Fsp3) is 0.667. The van der Waals surface area contributed by atoms with E-state index in [-0.39, 0.29) is 16.9 Å². The van der Waals surface area contributed by atoms with Gasteiger partial charge in [0.15, 0.2) is 0 Å². The van der Waals surface area contributed by atoms with Gasteiger partial charge >= 0.3 is 0 Å². The fourth-order valence-electron chi connectivity index (χ4n) is 3.66. The average molecular weight is 260 g/mol. The van der Waals surface area contributed by atoms with E-state index in [1.807, 2.05) is 0 Å². The van der Waals surface area contributed by atoms with Crippen LogP contribution >= 0.6 is 0 Å². The van der Waals surface area contributed by atoms with Gasteiger partial charge in [0.1, 0.15) is 0 Å². The maximum atomic E-state index is 10.2. The number of aliphatic hydroxyl groups is 1. The molecule has 2 rings (SSSR count). The monoisotopic (exact) mass is 260 g/mol. The van der Waals surface area contributed by atoms with Crippen molar-refractivity contribution in [3.63, 3.8) is 0 Å². The number of rotatable bonds is 3. The van der Waals surface area contributed by atoms with Gasteiger partial charge in [0.25, 0.3) is 0 Å². The molecule has 1 aliphatic rings. The zero-order valence-electron chi connectivity index (χ0n) is 13.0. The zero-order valence-corrected chi connectivity index (χ0v) is 13.0. The molecule has 1 heteroatoms. The molecule has 106 valence electrons. The van der Waals surface area contributed by atoms with Gasteiger partial charge in [0.2, 0.25) is 0 Å². The van der Waals surface area contributed by atoms with Gasteiger partial charge in [-0.25, -0.2) is 0 Å². The van der Waals surface area contributed by atoms with Crippen molar-refractivity contribution < 1.29 is 5.11 Å². The van der Waals surface area contributed by atoms with Crippen LogP contribution < -0.4 is 0 Å². The van der Waals surface area contributed by atoms with Crippen molar-refractivity contribution in [2.24, 2.45) is 5.41 Å². The molecule has 0 radical (unpaired) electrons. The molecule has 1 aliphatic carbocycles. The molecule has 1 aromatic carbocycles. The highest BCUT2D eigenvalue weighted by Crippen LogP contribution is 2.57. The standard InChI is InChI=1S/C18H28O/c1-6-18(7-2)15(12-16(18)19)13-8-10-14(11-9-13)17(3,4)5/h8-11,15-16,19H,6-7,12H2,1-5H3. The minimum absolute atomic E-state index is 0.114. The van der Waals surface area contributed by atoms with Crippen LogP contribution in [0.15, 0.2) is 24.3 Å². The van der Waals surface area contributed by atoms with Crippen LogP contribution in [0.25, 0.3) is 0 Å². The van der Waals surface area contributed by atoms with Crippen molar-refractivity contribution in [3.8, 4) is 0 Å². The maximum Gasteiger partial charge on any atom is 0.0608 e. The van der Waals surface area contributed by atoms with Crippen molar-refractivity contribution in [1.29, 1.82) is 0 Å². The molecule has 0 heterocycles. The van der Waals surface area contributed by atoms with Crippen LogP contribution in [0.2, 0.25) is 0 Å². The molecule has 0 bridgehead atoms. The molecular weight excluding hydrogens is 232 g/mol. The van der Waals surface area contributed by atoms with Crippen LogP contribution in [0.4, 0.5) is 0 Å². The van der Waals surface area contributed by atoms with Gasteiger partial charge < -0.3 is 5.11 Å². The Morgan fingerprint density at radius 1 is 1.11 bits per heavy atom. The third-order valence-electron chi connectivity index (χ3n) is 5.31. The first-order chi connectivity index (χ1) is 8.85. The summed E-state index contributed by atoms with van der Waals surface area (Å²) in [4.78, 5) is 0. The Morgan fingerprint density at radius 2 is 1.63 bits per heavy atom. The largest absolute Gasteiger partial charge is 0.393 e. The van der Waals surface area contributed by atoms with E-state index in [0.717, 1.165) is 19.3 Å². The van der Waals surface area contributed by atoms with Gasteiger partial charge in [0, 0.05) is 5.41 Å². The molecule has 1 fully saturated rings. The normalized spacial score (nSPS) is 26.0. The Labute approximate surface area is 118 Å². The smallest absolute Gasteiger partial charge is 0.0608 e. The number of benzene rings is 1. The van der Waals surface area contributed by atoms with E-state index in [1.54, 1.807) is 0 Å². The lowest BCUT2D eigenvalue weighted by Crippen LogP contribution is -2.50. The summed E-state index contributed by atoms with van der Waals surface area (Å²) in [6.07, 6.45) is 2.94. The van der Waals surface area contributed by atoms with Crippen LogP contribution in [0, 0.1) is 5.41 Å². The van der Waals surface area contributed by atoms with Gasteiger partial charge in [-0.1, -0.05) is 58.9 Å². The minimum atomic E-state index is -0.116. The highest BCUT2D eigenvalue weighted by molar-refractivity contribution is 5.33. The molecule has 0 aliphatic heterocycles. The molecule has 2 atom stereocenters. The Bertz CT molecular complexity index is 420. The molecule has 19 heavy (non-hydrogen) atoms. The molecule has 1 saturated carbocycles. The predicted molar refractivity (Wildman–Crippen MR) is 81.5 cm³/mol. The zero-order chi connectivity index (χ0) is 14.3. The Balaban J connectivity index is 2.24. The molecule has 1 nitrogen and oxygen atoms in total. The van der Waals surface area contributed by atoms with Gasteiger partial charge in [-0.15, -0.1) is 0 Å². The molecule has 0 spiro atoms. The van der Waals surface area contributed by atoms with Crippen LogP contribution in [0.1, 0.15) is 70.9 Å². The number of aliphatic hydroxyl groups excluding tert-OH is 1. The molecular formula is C18H28O. The van der Waals surface area contributed by atoms with Crippen LogP contribution in [-0.4, -0.2) is 11.2 Å². The van der Waals surface area contributed by atoms with Crippen LogP contribution in [-0.2, 0) is 5.41 Å². The van der Waals surface area contributed by atoms with Crippen molar-refractivity contribution in [2.75, 3.05) is 0 Å². The molecule has 0 saturated heterocycles. The molecule has 0 aromatic heterocycles. The minimum Gasteiger partial charge on any atom is -0.393 e. The Hall–Kier alpha value is -0.820. The second-order valence-electron chi connectivity index (χ2n) is 7.12. The summed E-state index contributed by atoms with van der Waals surface area (Å²) < 4.78 is 0. The van der Waals surface area contributed by atoms with Gasteiger partial charge in [-0.05, 0) is 41.7 Å². The SMILES string of the molecule is CCC1(CC)C(O)CC1c1ccc(C(C)(C)C)cc1. The second kappa shape index (κ2) is 4.94.